The van der Waals surface area contributed by atoms with Crippen LogP contribution in [0.4, 0.5) is 0 Å². The van der Waals surface area contributed by atoms with Crippen molar-refractivity contribution in [3.05, 3.63) is 29.3 Å². The highest BCUT2D eigenvalue weighted by atomic mass is 35.5. The van der Waals surface area contributed by atoms with Gasteiger partial charge in [0, 0.05) is 6.04 Å². The molecule has 2 unspecified atom stereocenters. The molecule has 2 rings (SSSR count). The normalized spacial score (nSPS) is 23.4. The molecule has 2 atom stereocenters. The highest BCUT2D eigenvalue weighted by molar-refractivity contribution is 7.89. The van der Waals surface area contributed by atoms with Crippen LogP contribution >= 0.6 is 11.6 Å². The average molecular weight is 304 g/mol. The van der Waals surface area contributed by atoms with Gasteiger partial charge in [-0.1, -0.05) is 23.7 Å². The Morgan fingerprint density at radius 1 is 1.32 bits per heavy atom. The Morgan fingerprint density at radius 2 is 2.00 bits per heavy atom. The van der Waals surface area contributed by atoms with Crippen LogP contribution in [0.1, 0.15) is 19.3 Å². The molecule has 1 aliphatic carbocycles. The first-order valence-electron chi connectivity index (χ1n) is 5.90. The molecule has 1 fully saturated rings. The van der Waals surface area contributed by atoms with Crippen LogP contribution in [0.3, 0.4) is 0 Å². The van der Waals surface area contributed by atoms with Crippen molar-refractivity contribution in [3.8, 4) is 0 Å². The third kappa shape index (κ3) is 3.26. The van der Waals surface area contributed by atoms with Crippen LogP contribution in [-0.4, -0.2) is 25.5 Å². The Balaban J connectivity index is 2.11. The molecule has 2 N–H and O–H groups in total. The van der Waals surface area contributed by atoms with Crippen molar-refractivity contribution in [2.45, 2.75) is 30.2 Å². The van der Waals surface area contributed by atoms with E-state index < -0.39 is 21.9 Å². The molecule has 104 valence electrons. The van der Waals surface area contributed by atoms with Crippen molar-refractivity contribution in [1.82, 2.24) is 4.72 Å². The summed E-state index contributed by atoms with van der Waals surface area (Å²) in [4.78, 5) is 10.9. The number of aliphatic carboxylic acids is 1. The molecule has 0 spiro atoms. The molecule has 0 bridgehead atoms. The molecule has 0 amide bonds. The number of hydrogen-bond donors (Lipinski definition) is 2. The molecule has 7 heteroatoms. The van der Waals surface area contributed by atoms with E-state index in [1.54, 1.807) is 12.1 Å². The first-order chi connectivity index (χ1) is 8.90. The molecule has 1 saturated carbocycles. The smallest absolute Gasteiger partial charge is 0.306 e. The fourth-order valence-electron chi connectivity index (χ4n) is 2.26. The molecule has 19 heavy (non-hydrogen) atoms. The average Bonchev–Trinajstić information content (AvgIpc) is 2.77. The van der Waals surface area contributed by atoms with Gasteiger partial charge in [0.2, 0.25) is 10.0 Å². The van der Waals surface area contributed by atoms with Crippen LogP contribution in [0.25, 0.3) is 0 Å². The summed E-state index contributed by atoms with van der Waals surface area (Å²) < 4.78 is 26.8. The van der Waals surface area contributed by atoms with E-state index in [0.29, 0.717) is 19.3 Å². The zero-order chi connectivity index (χ0) is 14.0. The molecule has 1 aliphatic rings. The van der Waals surface area contributed by atoms with E-state index in [-0.39, 0.29) is 16.0 Å². The largest absolute Gasteiger partial charge is 0.481 e. The predicted octanol–water partition coefficient (Wildman–Crippen LogP) is 1.87. The topological polar surface area (TPSA) is 83.5 Å². The second-order valence-electron chi connectivity index (χ2n) is 4.60. The number of hydrogen-bond acceptors (Lipinski definition) is 3. The van der Waals surface area contributed by atoms with Crippen molar-refractivity contribution in [1.29, 1.82) is 0 Å². The minimum Gasteiger partial charge on any atom is -0.481 e. The minimum absolute atomic E-state index is 0.0236. The fourth-order valence-corrected chi connectivity index (χ4v) is 4.06. The molecule has 0 aromatic heterocycles. The van der Waals surface area contributed by atoms with Gasteiger partial charge in [-0.25, -0.2) is 13.1 Å². The summed E-state index contributed by atoms with van der Waals surface area (Å²) in [5, 5.41) is 9.05. The number of benzene rings is 1. The number of carboxylic acid groups (broad SMARTS) is 1. The van der Waals surface area contributed by atoms with E-state index in [9.17, 15) is 13.2 Å². The lowest BCUT2D eigenvalue weighted by Crippen LogP contribution is -2.33. The first-order valence-corrected chi connectivity index (χ1v) is 7.76. The van der Waals surface area contributed by atoms with Gasteiger partial charge in [-0.05, 0) is 31.4 Å². The third-order valence-corrected chi connectivity index (χ3v) is 5.25. The third-order valence-electron chi connectivity index (χ3n) is 3.23. The van der Waals surface area contributed by atoms with Crippen LogP contribution in [-0.2, 0) is 14.8 Å². The fraction of sp³-hybridized carbons (Fsp3) is 0.417. The summed E-state index contributed by atoms with van der Waals surface area (Å²) in [5.41, 5.74) is 0. The summed E-state index contributed by atoms with van der Waals surface area (Å²) in [5.74, 6) is -1.35. The molecular formula is C12H14ClNO4S. The highest BCUT2D eigenvalue weighted by Crippen LogP contribution is 2.28. The first kappa shape index (κ1) is 14.3. The SMILES string of the molecule is O=C(O)C1CCC(NS(=O)(=O)c2ccccc2Cl)C1. The zero-order valence-corrected chi connectivity index (χ0v) is 11.6. The Morgan fingerprint density at radius 3 is 2.58 bits per heavy atom. The number of carbonyl (C=O) groups is 1. The van der Waals surface area contributed by atoms with E-state index in [2.05, 4.69) is 4.72 Å². The van der Waals surface area contributed by atoms with Gasteiger partial charge in [0.25, 0.3) is 0 Å². The molecule has 5 nitrogen and oxygen atoms in total. The molecule has 0 heterocycles. The van der Waals surface area contributed by atoms with Crippen molar-refractivity contribution in [3.63, 3.8) is 0 Å². The molecule has 1 aromatic carbocycles. The summed E-state index contributed by atoms with van der Waals surface area (Å²) in [7, 11) is -3.70. The Bertz CT molecular complexity index is 587. The van der Waals surface area contributed by atoms with E-state index in [1.807, 2.05) is 0 Å². The van der Waals surface area contributed by atoms with Crippen molar-refractivity contribution >= 4 is 27.6 Å². The van der Waals surface area contributed by atoms with Crippen LogP contribution in [0.5, 0.6) is 0 Å². The molecular weight excluding hydrogens is 290 g/mol. The summed E-state index contributed by atoms with van der Waals surface area (Å²) in [6.07, 6.45) is 1.34. The second-order valence-corrected chi connectivity index (χ2v) is 6.69. The molecule has 0 saturated heterocycles. The Kier molecular flexibility index (Phi) is 4.13. The van der Waals surface area contributed by atoms with Gasteiger partial charge in [-0.2, -0.15) is 0 Å². The van der Waals surface area contributed by atoms with Crippen LogP contribution in [0, 0.1) is 5.92 Å². The molecule has 1 aromatic rings. The summed E-state index contributed by atoms with van der Waals surface area (Å²) >= 11 is 5.86. The van der Waals surface area contributed by atoms with Crippen molar-refractivity contribution < 1.29 is 18.3 Å². The van der Waals surface area contributed by atoms with Crippen molar-refractivity contribution in [2.75, 3.05) is 0 Å². The van der Waals surface area contributed by atoms with Gasteiger partial charge in [0.05, 0.1) is 10.9 Å². The lowest BCUT2D eigenvalue weighted by atomic mass is 10.1. The lowest BCUT2D eigenvalue weighted by Gasteiger charge is -2.13. The molecule has 0 radical (unpaired) electrons. The maximum Gasteiger partial charge on any atom is 0.306 e. The van der Waals surface area contributed by atoms with E-state index in [4.69, 9.17) is 16.7 Å². The number of sulfonamides is 1. The zero-order valence-electron chi connectivity index (χ0n) is 10.0. The van der Waals surface area contributed by atoms with Crippen LogP contribution in [0.15, 0.2) is 29.2 Å². The highest BCUT2D eigenvalue weighted by Gasteiger charge is 2.32. The van der Waals surface area contributed by atoms with E-state index in [1.165, 1.54) is 12.1 Å². The number of rotatable bonds is 4. The number of nitrogens with one attached hydrogen (secondary N) is 1. The monoisotopic (exact) mass is 303 g/mol. The lowest BCUT2D eigenvalue weighted by molar-refractivity contribution is -0.141. The van der Waals surface area contributed by atoms with E-state index in [0.717, 1.165) is 0 Å². The molecule has 0 aliphatic heterocycles. The quantitative estimate of drug-likeness (QED) is 0.889. The summed E-state index contributed by atoms with van der Waals surface area (Å²) in [6, 6.07) is 5.83. The van der Waals surface area contributed by atoms with Crippen LogP contribution < -0.4 is 4.72 Å². The second kappa shape index (κ2) is 5.48. The standard InChI is InChI=1S/C12H14ClNO4S/c13-10-3-1-2-4-11(10)19(17,18)14-9-6-5-8(7-9)12(15)16/h1-4,8-9,14H,5-7H2,(H,15,16). The van der Waals surface area contributed by atoms with Gasteiger partial charge >= 0.3 is 5.97 Å². The minimum atomic E-state index is -3.70. The van der Waals surface area contributed by atoms with Crippen LogP contribution in [0.2, 0.25) is 5.02 Å². The Labute approximate surface area is 116 Å². The Hall–Kier alpha value is -1.11. The summed E-state index contributed by atoms with van der Waals surface area (Å²) in [6.45, 7) is 0. The van der Waals surface area contributed by atoms with Gasteiger partial charge in [-0.3, -0.25) is 4.79 Å². The maximum atomic E-state index is 12.1. The van der Waals surface area contributed by atoms with Gasteiger partial charge in [0.15, 0.2) is 0 Å². The van der Waals surface area contributed by atoms with Gasteiger partial charge < -0.3 is 5.11 Å². The van der Waals surface area contributed by atoms with E-state index >= 15 is 0 Å². The number of carboxylic acids is 1. The van der Waals surface area contributed by atoms with Gasteiger partial charge in [0.1, 0.15) is 4.90 Å². The van der Waals surface area contributed by atoms with Crippen molar-refractivity contribution in [2.24, 2.45) is 5.92 Å². The predicted molar refractivity (Wildman–Crippen MR) is 70.5 cm³/mol. The number of halogens is 1. The maximum absolute atomic E-state index is 12.1. The van der Waals surface area contributed by atoms with Gasteiger partial charge in [-0.15, -0.1) is 0 Å².